The van der Waals surface area contributed by atoms with E-state index in [2.05, 4.69) is 34.7 Å². The summed E-state index contributed by atoms with van der Waals surface area (Å²) in [5, 5.41) is 7.05. The minimum Gasteiger partial charge on any atom is -0.360 e. The summed E-state index contributed by atoms with van der Waals surface area (Å²) in [6.07, 6.45) is 0. The molecule has 0 saturated heterocycles. The Labute approximate surface area is 154 Å². The average molecular weight is 348 g/mol. The smallest absolute Gasteiger partial charge is 0.256 e. The molecular formula is C22H24N2O2. The first-order chi connectivity index (χ1) is 12.6. The van der Waals surface area contributed by atoms with Crippen LogP contribution >= 0.6 is 0 Å². The first kappa shape index (κ1) is 17.9. The van der Waals surface area contributed by atoms with Crippen LogP contribution in [0.25, 0.3) is 0 Å². The minimum absolute atomic E-state index is 0.0871. The van der Waals surface area contributed by atoms with Crippen molar-refractivity contribution in [2.24, 2.45) is 0 Å². The van der Waals surface area contributed by atoms with E-state index >= 15 is 0 Å². The van der Waals surface area contributed by atoms with Crippen LogP contribution < -0.4 is 5.32 Å². The van der Waals surface area contributed by atoms with Gasteiger partial charge in [-0.1, -0.05) is 79.7 Å². The van der Waals surface area contributed by atoms with E-state index in [9.17, 15) is 4.79 Å². The van der Waals surface area contributed by atoms with E-state index in [-0.39, 0.29) is 17.7 Å². The van der Waals surface area contributed by atoms with Gasteiger partial charge in [0.15, 0.2) is 5.76 Å². The van der Waals surface area contributed by atoms with Crippen molar-refractivity contribution in [2.45, 2.75) is 32.6 Å². The van der Waals surface area contributed by atoms with Crippen LogP contribution in [0.4, 0.5) is 0 Å². The summed E-state index contributed by atoms with van der Waals surface area (Å²) in [5.41, 5.74) is 3.53. The molecule has 0 unspecified atom stereocenters. The van der Waals surface area contributed by atoms with E-state index in [1.165, 1.54) is 11.1 Å². The van der Waals surface area contributed by atoms with E-state index < -0.39 is 0 Å². The topological polar surface area (TPSA) is 55.1 Å². The summed E-state index contributed by atoms with van der Waals surface area (Å²) in [6, 6.07) is 20.5. The fourth-order valence-corrected chi connectivity index (χ4v) is 3.14. The lowest BCUT2D eigenvalue weighted by molar-refractivity contribution is 0.0949. The molecule has 0 aliphatic carbocycles. The fraction of sp³-hybridized carbons (Fsp3) is 0.273. The molecule has 1 aromatic heterocycles. The number of nitrogens with zero attached hydrogens (tertiary/aromatic N) is 1. The van der Waals surface area contributed by atoms with Gasteiger partial charge in [0.05, 0.1) is 5.69 Å². The summed E-state index contributed by atoms with van der Waals surface area (Å²) >= 11 is 0. The lowest BCUT2D eigenvalue weighted by Gasteiger charge is -2.19. The van der Waals surface area contributed by atoms with Gasteiger partial charge in [-0.3, -0.25) is 4.79 Å². The van der Waals surface area contributed by atoms with Gasteiger partial charge < -0.3 is 9.84 Å². The quantitative estimate of drug-likeness (QED) is 0.704. The third-order valence-electron chi connectivity index (χ3n) is 4.51. The van der Waals surface area contributed by atoms with Crippen LogP contribution in [0.3, 0.4) is 0 Å². The first-order valence-corrected chi connectivity index (χ1v) is 8.92. The predicted molar refractivity (Wildman–Crippen MR) is 102 cm³/mol. The Morgan fingerprint density at radius 2 is 1.54 bits per heavy atom. The normalized spacial score (nSPS) is 11.1. The first-order valence-electron chi connectivity index (χ1n) is 8.92. The van der Waals surface area contributed by atoms with Gasteiger partial charge in [-0.2, -0.15) is 0 Å². The predicted octanol–water partition coefficient (Wildman–Crippen LogP) is 4.67. The zero-order chi connectivity index (χ0) is 18.5. The van der Waals surface area contributed by atoms with Crippen molar-refractivity contribution in [3.05, 3.63) is 88.8 Å². The van der Waals surface area contributed by atoms with Crippen LogP contribution in [-0.4, -0.2) is 17.6 Å². The van der Waals surface area contributed by atoms with Crippen molar-refractivity contribution in [2.75, 3.05) is 6.54 Å². The van der Waals surface area contributed by atoms with Crippen molar-refractivity contribution in [3.8, 4) is 0 Å². The van der Waals surface area contributed by atoms with E-state index in [1.54, 1.807) is 6.92 Å². The number of rotatable bonds is 6. The maximum atomic E-state index is 12.8. The molecule has 4 nitrogen and oxygen atoms in total. The van der Waals surface area contributed by atoms with Gasteiger partial charge in [0.25, 0.3) is 5.91 Å². The van der Waals surface area contributed by atoms with Crippen LogP contribution in [0.5, 0.6) is 0 Å². The molecule has 0 aliphatic rings. The lowest BCUT2D eigenvalue weighted by atomic mass is 9.91. The number of aromatic nitrogens is 1. The Hall–Kier alpha value is -2.88. The van der Waals surface area contributed by atoms with Crippen molar-refractivity contribution >= 4 is 5.91 Å². The summed E-state index contributed by atoms with van der Waals surface area (Å²) in [6.45, 7) is 6.30. The van der Waals surface area contributed by atoms with Gasteiger partial charge in [-0.25, -0.2) is 0 Å². The number of carbonyl (C=O) groups is 1. The highest BCUT2D eigenvalue weighted by Gasteiger charge is 2.23. The van der Waals surface area contributed by atoms with Crippen LogP contribution in [0, 0.1) is 6.92 Å². The minimum atomic E-state index is -0.135. The van der Waals surface area contributed by atoms with Crippen LogP contribution in [-0.2, 0) is 0 Å². The number of amides is 1. The second-order valence-electron chi connectivity index (χ2n) is 6.75. The number of hydrogen-bond acceptors (Lipinski definition) is 3. The summed E-state index contributed by atoms with van der Waals surface area (Å²) in [5.74, 6) is 0.695. The second kappa shape index (κ2) is 8.00. The van der Waals surface area contributed by atoms with E-state index in [4.69, 9.17) is 4.52 Å². The van der Waals surface area contributed by atoms with E-state index in [1.807, 2.05) is 50.2 Å². The zero-order valence-corrected chi connectivity index (χ0v) is 15.4. The van der Waals surface area contributed by atoms with Gasteiger partial charge in [0.1, 0.15) is 5.56 Å². The molecule has 1 N–H and O–H groups in total. The molecule has 0 saturated carbocycles. The Kier molecular flexibility index (Phi) is 5.52. The Morgan fingerprint density at radius 3 is 2.04 bits per heavy atom. The molecule has 3 aromatic rings. The van der Waals surface area contributed by atoms with Gasteiger partial charge in [0, 0.05) is 18.4 Å². The molecule has 134 valence electrons. The average Bonchev–Trinajstić information content (AvgIpc) is 3.05. The maximum absolute atomic E-state index is 12.8. The maximum Gasteiger partial charge on any atom is 0.256 e. The molecule has 1 heterocycles. The Balaban J connectivity index is 1.83. The van der Waals surface area contributed by atoms with Gasteiger partial charge in [0.2, 0.25) is 0 Å². The van der Waals surface area contributed by atoms with Crippen molar-refractivity contribution in [3.63, 3.8) is 0 Å². The van der Waals surface area contributed by atoms with Crippen LogP contribution in [0.15, 0.2) is 65.2 Å². The molecule has 4 heteroatoms. The molecule has 0 aliphatic heterocycles. The second-order valence-corrected chi connectivity index (χ2v) is 6.75. The highest BCUT2D eigenvalue weighted by molar-refractivity contribution is 5.96. The number of carbonyl (C=O) groups excluding carboxylic acids is 1. The van der Waals surface area contributed by atoms with Crippen molar-refractivity contribution in [1.82, 2.24) is 10.5 Å². The molecule has 0 bridgehead atoms. The molecule has 0 spiro atoms. The molecule has 1 amide bonds. The molecule has 3 rings (SSSR count). The SMILES string of the molecule is Cc1noc(C(C)C)c1C(=O)NCC(c1ccccc1)c1ccccc1. The molecule has 0 atom stereocenters. The van der Waals surface area contributed by atoms with Gasteiger partial charge in [-0.15, -0.1) is 0 Å². The van der Waals surface area contributed by atoms with Gasteiger partial charge >= 0.3 is 0 Å². The highest BCUT2D eigenvalue weighted by Crippen LogP contribution is 2.25. The third-order valence-corrected chi connectivity index (χ3v) is 4.51. The Bertz CT molecular complexity index is 815. The van der Waals surface area contributed by atoms with Crippen LogP contribution in [0.1, 0.15) is 58.6 Å². The molecule has 26 heavy (non-hydrogen) atoms. The number of hydrogen-bond donors (Lipinski definition) is 1. The zero-order valence-electron chi connectivity index (χ0n) is 15.4. The van der Waals surface area contributed by atoms with E-state index in [0.717, 1.165) is 0 Å². The number of aryl methyl sites for hydroxylation is 1. The third kappa shape index (κ3) is 3.85. The molecular weight excluding hydrogens is 324 g/mol. The Morgan fingerprint density at radius 1 is 1.00 bits per heavy atom. The molecule has 0 radical (unpaired) electrons. The van der Waals surface area contributed by atoms with Crippen molar-refractivity contribution in [1.29, 1.82) is 0 Å². The van der Waals surface area contributed by atoms with E-state index in [0.29, 0.717) is 23.6 Å². The highest BCUT2D eigenvalue weighted by atomic mass is 16.5. The van der Waals surface area contributed by atoms with Gasteiger partial charge in [-0.05, 0) is 18.1 Å². The molecule has 0 fully saturated rings. The summed E-state index contributed by atoms with van der Waals surface area (Å²) < 4.78 is 5.34. The summed E-state index contributed by atoms with van der Waals surface area (Å²) in [4.78, 5) is 12.8. The largest absolute Gasteiger partial charge is 0.360 e. The fourth-order valence-electron chi connectivity index (χ4n) is 3.14. The number of benzene rings is 2. The van der Waals surface area contributed by atoms with Crippen molar-refractivity contribution < 1.29 is 9.32 Å². The monoisotopic (exact) mass is 348 g/mol. The number of nitrogens with one attached hydrogen (secondary N) is 1. The standard InChI is InChI=1S/C22H24N2O2/c1-15(2)21-20(16(3)24-26-21)22(25)23-14-19(17-10-6-4-7-11-17)18-12-8-5-9-13-18/h4-13,15,19H,14H2,1-3H3,(H,23,25). The molecule has 2 aromatic carbocycles. The summed E-state index contributed by atoms with van der Waals surface area (Å²) in [7, 11) is 0. The lowest BCUT2D eigenvalue weighted by Crippen LogP contribution is -2.30. The van der Waals surface area contributed by atoms with Crippen LogP contribution in [0.2, 0.25) is 0 Å².